The van der Waals surface area contributed by atoms with E-state index in [0.29, 0.717) is 22.9 Å². The van der Waals surface area contributed by atoms with Crippen LogP contribution in [-0.4, -0.2) is 11.3 Å². The minimum Gasteiger partial charge on any atom is -0.484 e. The lowest BCUT2D eigenvalue weighted by atomic mass is 10.2. The van der Waals surface area contributed by atoms with Crippen molar-refractivity contribution in [3.63, 3.8) is 0 Å². The molecule has 0 radical (unpaired) electrons. The van der Waals surface area contributed by atoms with Gasteiger partial charge in [-0.3, -0.25) is 4.79 Å². The van der Waals surface area contributed by atoms with Crippen molar-refractivity contribution in [1.29, 1.82) is 0 Å². The van der Waals surface area contributed by atoms with Crippen molar-refractivity contribution in [2.45, 2.75) is 13.5 Å². The van der Waals surface area contributed by atoms with Crippen molar-refractivity contribution in [2.75, 3.05) is 0 Å². The van der Waals surface area contributed by atoms with Crippen LogP contribution in [0.2, 0.25) is 5.02 Å². The molecule has 0 spiro atoms. The van der Waals surface area contributed by atoms with Gasteiger partial charge in [0, 0.05) is 11.1 Å². The zero-order valence-electron chi connectivity index (χ0n) is 9.14. The summed E-state index contributed by atoms with van der Waals surface area (Å²) in [7, 11) is 0. The smallest absolute Gasteiger partial charge is 0.153 e. The molecule has 0 aliphatic carbocycles. The molecule has 1 heterocycles. The highest BCUT2D eigenvalue weighted by atomic mass is 35.5. The van der Waals surface area contributed by atoms with E-state index in [1.165, 1.54) is 11.3 Å². The molecule has 5 heteroatoms. The maximum absolute atomic E-state index is 10.8. The van der Waals surface area contributed by atoms with Crippen LogP contribution >= 0.6 is 22.9 Å². The van der Waals surface area contributed by atoms with Crippen LogP contribution in [0.3, 0.4) is 0 Å². The van der Waals surface area contributed by atoms with E-state index in [0.717, 1.165) is 17.0 Å². The Morgan fingerprint density at radius 2 is 2.35 bits per heavy atom. The van der Waals surface area contributed by atoms with E-state index in [4.69, 9.17) is 16.3 Å². The maximum atomic E-state index is 10.8. The van der Waals surface area contributed by atoms with Gasteiger partial charge in [0.15, 0.2) is 6.29 Å². The van der Waals surface area contributed by atoms with Crippen molar-refractivity contribution in [3.8, 4) is 5.75 Å². The number of aromatic nitrogens is 1. The number of carbonyl (C=O) groups excluding carboxylic acids is 1. The molecule has 0 fully saturated rings. The second kappa shape index (κ2) is 5.29. The van der Waals surface area contributed by atoms with Crippen molar-refractivity contribution in [2.24, 2.45) is 0 Å². The van der Waals surface area contributed by atoms with Gasteiger partial charge in [0.25, 0.3) is 0 Å². The minimum absolute atomic E-state index is 0.322. The van der Waals surface area contributed by atoms with Gasteiger partial charge in [-0.2, -0.15) is 0 Å². The largest absolute Gasteiger partial charge is 0.484 e. The zero-order valence-corrected chi connectivity index (χ0v) is 10.7. The first-order valence-electron chi connectivity index (χ1n) is 4.98. The number of halogens is 1. The molecule has 1 aromatic carbocycles. The highest BCUT2D eigenvalue weighted by Crippen LogP contribution is 2.28. The van der Waals surface area contributed by atoms with Crippen molar-refractivity contribution in [1.82, 2.24) is 4.98 Å². The zero-order chi connectivity index (χ0) is 12.3. The van der Waals surface area contributed by atoms with Crippen molar-refractivity contribution < 1.29 is 9.53 Å². The average molecular weight is 268 g/mol. The summed E-state index contributed by atoms with van der Waals surface area (Å²) in [4.78, 5) is 15.1. The highest BCUT2D eigenvalue weighted by Gasteiger charge is 2.08. The fourth-order valence-corrected chi connectivity index (χ4v) is 2.29. The first-order chi connectivity index (χ1) is 8.20. The normalized spacial score (nSPS) is 10.2. The minimum atomic E-state index is 0.322. The fraction of sp³-hybridized carbons (Fsp3) is 0.167. The SMILES string of the molecule is Cc1csc(COc2c(Cl)cccc2C=O)n1. The number of benzene rings is 1. The number of aldehydes is 1. The van der Waals surface area contributed by atoms with Gasteiger partial charge in [0.05, 0.1) is 10.6 Å². The lowest BCUT2D eigenvalue weighted by Gasteiger charge is -2.08. The van der Waals surface area contributed by atoms with Crippen LogP contribution in [0.15, 0.2) is 23.6 Å². The molecule has 17 heavy (non-hydrogen) atoms. The molecule has 0 aliphatic heterocycles. The number of hydrogen-bond acceptors (Lipinski definition) is 4. The number of carbonyl (C=O) groups is 1. The molecule has 0 amide bonds. The van der Waals surface area contributed by atoms with Gasteiger partial charge in [-0.1, -0.05) is 17.7 Å². The molecule has 0 unspecified atom stereocenters. The molecule has 3 nitrogen and oxygen atoms in total. The van der Waals surface area contributed by atoms with Crippen LogP contribution in [0, 0.1) is 6.92 Å². The summed E-state index contributed by atoms with van der Waals surface area (Å²) in [6, 6.07) is 5.07. The van der Waals surface area contributed by atoms with Gasteiger partial charge in [0.2, 0.25) is 0 Å². The summed E-state index contributed by atoms with van der Waals surface area (Å²) >= 11 is 7.50. The van der Waals surface area contributed by atoms with E-state index in [-0.39, 0.29) is 0 Å². The molecular weight excluding hydrogens is 258 g/mol. The van der Waals surface area contributed by atoms with Gasteiger partial charge < -0.3 is 4.74 Å². The number of nitrogens with zero attached hydrogens (tertiary/aromatic N) is 1. The number of aryl methyl sites for hydroxylation is 1. The lowest BCUT2D eigenvalue weighted by molar-refractivity contribution is 0.111. The number of para-hydroxylation sites is 1. The van der Waals surface area contributed by atoms with E-state index in [1.807, 2.05) is 12.3 Å². The lowest BCUT2D eigenvalue weighted by Crippen LogP contribution is -1.98. The molecule has 1 aromatic heterocycles. The maximum Gasteiger partial charge on any atom is 0.153 e. The van der Waals surface area contributed by atoms with Crippen LogP contribution in [0.5, 0.6) is 5.75 Å². The Hall–Kier alpha value is -1.39. The predicted octanol–water partition coefficient (Wildman–Crippen LogP) is 3.50. The predicted molar refractivity (Wildman–Crippen MR) is 68.0 cm³/mol. The Morgan fingerprint density at radius 3 is 3.00 bits per heavy atom. The fourth-order valence-electron chi connectivity index (χ4n) is 1.37. The third-order valence-corrected chi connectivity index (χ3v) is 3.37. The molecule has 0 bridgehead atoms. The van der Waals surface area contributed by atoms with E-state index in [9.17, 15) is 4.79 Å². The number of thiazole rings is 1. The highest BCUT2D eigenvalue weighted by molar-refractivity contribution is 7.09. The Balaban J connectivity index is 2.16. The van der Waals surface area contributed by atoms with Gasteiger partial charge in [-0.25, -0.2) is 4.98 Å². The molecule has 0 aliphatic rings. The Bertz CT molecular complexity index is 539. The molecule has 2 aromatic rings. The summed E-state index contributed by atoms with van der Waals surface area (Å²) in [6.07, 6.45) is 0.730. The number of rotatable bonds is 4. The molecule has 88 valence electrons. The monoisotopic (exact) mass is 267 g/mol. The Labute approximate surface area is 108 Å². The van der Waals surface area contributed by atoms with Crippen LogP contribution in [0.25, 0.3) is 0 Å². The third kappa shape index (κ3) is 2.84. The quantitative estimate of drug-likeness (QED) is 0.796. The number of hydrogen-bond donors (Lipinski definition) is 0. The van der Waals surface area contributed by atoms with Gasteiger partial charge >= 0.3 is 0 Å². The molecule has 0 saturated carbocycles. The van der Waals surface area contributed by atoms with E-state index < -0.39 is 0 Å². The number of ether oxygens (including phenoxy) is 1. The summed E-state index contributed by atoms with van der Waals surface area (Å²) in [5.41, 5.74) is 1.41. The van der Waals surface area contributed by atoms with Crippen molar-refractivity contribution >= 4 is 29.2 Å². The summed E-state index contributed by atoms with van der Waals surface area (Å²) in [6.45, 7) is 2.25. The van der Waals surface area contributed by atoms with Crippen molar-refractivity contribution in [3.05, 3.63) is 44.9 Å². The molecule has 0 N–H and O–H groups in total. The Kier molecular flexibility index (Phi) is 3.76. The Morgan fingerprint density at radius 1 is 1.53 bits per heavy atom. The van der Waals surface area contributed by atoms with Gasteiger partial charge in [-0.05, 0) is 19.1 Å². The van der Waals surface area contributed by atoms with Gasteiger partial charge in [0.1, 0.15) is 17.4 Å². The molecule has 0 atom stereocenters. The first-order valence-corrected chi connectivity index (χ1v) is 6.24. The summed E-state index contributed by atoms with van der Waals surface area (Å²) in [5, 5.41) is 3.24. The first kappa shape index (κ1) is 12.1. The second-order valence-electron chi connectivity index (χ2n) is 3.45. The van der Waals surface area contributed by atoms with E-state index in [1.54, 1.807) is 18.2 Å². The second-order valence-corrected chi connectivity index (χ2v) is 4.80. The topological polar surface area (TPSA) is 39.2 Å². The van der Waals surface area contributed by atoms with Crippen LogP contribution < -0.4 is 4.74 Å². The molecule has 0 saturated heterocycles. The van der Waals surface area contributed by atoms with Crippen LogP contribution in [0.1, 0.15) is 21.1 Å². The standard InChI is InChI=1S/C12H10ClNO2S/c1-8-7-17-11(14-8)6-16-12-9(5-15)3-2-4-10(12)13/h2-5,7H,6H2,1H3. The molecule has 2 rings (SSSR count). The summed E-state index contributed by atoms with van der Waals surface area (Å²) < 4.78 is 5.54. The average Bonchev–Trinajstić information content (AvgIpc) is 2.73. The molecular formula is C12H10ClNO2S. The van der Waals surface area contributed by atoms with Crippen LogP contribution in [0.4, 0.5) is 0 Å². The summed E-state index contributed by atoms with van der Waals surface area (Å²) in [5.74, 6) is 0.414. The van der Waals surface area contributed by atoms with E-state index in [2.05, 4.69) is 4.98 Å². The van der Waals surface area contributed by atoms with Gasteiger partial charge in [-0.15, -0.1) is 11.3 Å². The van der Waals surface area contributed by atoms with Crippen LogP contribution in [-0.2, 0) is 6.61 Å². The van der Waals surface area contributed by atoms with E-state index >= 15 is 0 Å². The third-order valence-electron chi connectivity index (χ3n) is 2.13.